The van der Waals surface area contributed by atoms with Gasteiger partial charge in [0.05, 0.1) is 38.3 Å². The van der Waals surface area contributed by atoms with E-state index in [-0.39, 0.29) is 106 Å². The van der Waals surface area contributed by atoms with Crippen molar-refractivity contribution in [1.82, 2.24) is 40.9 Å². The molecule has 3 heterocycles. The summed E-state index contributed by atoms with van der Waals surface area (Å²) < 4.78 is 0. The predicted molar refractivity (Wildman–Crippen MR) is 223 cm³/mol. The number of carbonyl (C=O) groups is 5. The lowest BCUT2D eigenvalue weighted by molar-refractivity contribution is -0.140. The van der Waals surface area contributed by atoms with Crippen molar-refractivity contribution >= 4 is 104 Å². The number of carbonyl (C=O) groups excluding carboxylic acids is 2. The first kappa shape index (κ1) is 57.1. The molecule has 54 heavy (non-hydrogen) atoms. The van der Waals surface area contributed by atoms with Gasteiger partial charge < -0.3 is 36.6 Å². The minimum atomic E-state index is -0.998. The van der Waals surface area contributed by atoms with Crippen LogP contribution in [0.1, 0.15) is 51.4 Å². The highest BCUT2D eigenvalue weighted by molar-refractivity contribution is 8.00. The van der Waals surface area contributed by atoms with Gasteiger partial charge >= 0.3 is 23.9 Å². The van der Waals surface area contributed by atoms with Crippen LogP contribution < -0.4 is 21.3 Å². The number of halogens is 5. The van der Waals surface area contributed by atoms with Crippen LogP contribution in [0, 0.1) is 0 Å². The molecule has 3 aliphatic heterocycles. The van der Waals surface area contributed by atoms with Gasteiger partial charge in [-0.3, -0.25) is 38.8 Å². The van der Waals surface area contributed by atoms with Crippen molar-refractivity contribution in [3.05, 3.63) is 0 Å². The van der Waals surface area contributed by atoms with Crippen LogP contribution in [0.3, 0.4) is 0 Å². The highest BCUT2D eigenvalue weighted by atomic mass is 35.5. The Morgan fingerprint density at radius 1 is 0.593 bits per heavy atom. The number of nitrogens with one attached hydrogen (secondary N) is 4. The van der Waals surface area contributed by atoms with Gasteiger partial charge in [0.15, 0.2) is 0 Å². The number of hydrogen-bond donors (Lipinski definition) is 7. The van der Waals surface area contributed by atoms with Gasteiger partial charge in [-0.2, -0.15) is 11.8 Å². The minimum absolute atomic E-state index is 0. The Morgan fingerprint density at radius 3 is 1.44 bits per heavy atom. The van der Waals surface area contributed by atoms with Gasteiger partial charge in [-0.05, 0) is 38.8 Å². The summed E-state index contributed by atoms with van der Waals surface area (Å²) >= 11 is 1.97. The summed E-state index contributed by atoms with van der Waals surface area (Å²) in [5, 5.41) is 41.2. The van der Waals surface area contributed by atoms with Crippen molar-refractivity contribution in [1.29, 1.82) is 0 Å². The van der Waals surface area contributed by atoms with Gasteiger partial charge in [0, 0.05) is 69.9 Å². The molecule has 3 fully saturated rings. The smallest absolute Gasteiger partial charge is 0.317 e. The maximum Gasteiger partial charge on any atom is 0.317 e. The van der Waals surface area contributed by atoms with Crippen LogP contribution >= 0.6 is 73.8 Å². The summed E-state index contributed by atoms with van der Waals surface area (Å²) in [7, 11) is 0. The molecule has 0 bridgehead atoms. The summed E-state index contributed by atoms with van der Waals surface area (Å²) in [5.74, 6) is -2.07. The number of aliphatic carboxylic acids is 3. The van der Waals surface area contributed by atoms with Crippen LogP contribution in [0.4, 0.5) is 4.79 Å². The molecule has 3 aliphatic rings. The zero-order valence-corrected chi connectivity index (χ0v) is 35.7. The van der Waals surface area contributed by atoms with Gasteiger partial charge in [0.2, 0.25) is 5.91 Å². The van der Waals surface area contributed by atoms with Crippen molar-refractivity contribution in [3.8, 4) is 0 Å². The van der Waals surface area contributed by atoms with E-state index in [9.17, 15) is 39.3 Å². The summed E-state index contributed by atoms with van der Waals surface area (Å²) in [6.07, 6.45) is 8.75. The number of unbranched alkanes of at least 4 members (excludes halogenated alkanes) is 5. The van der Waals surface area contributed by atoms with Crippen LogP contribution in [0.25, 0.3) is 0 Å². The summed E-state index contributed by atoms with van der Waals surface area (Å²) in [5.41, 5.74) is 0. The lowest BCUT2D eigenvalue weighted by atomic mass is 10.0. The molecule has 320 valence electrons. The number of rotatable bonds is 21. The van der Waals surface area contributed by atoms with Crippen LogP contribution in [0.5, 0.6) is 0 Å². The highest BCUT2D eigenvalue weighted by Gasteiger charge is 2.42. The average molecular weight is 897 g/mol. The fourth-order valence-electron chi connectivity index (χ4n) is 6.54. The molecule has 3 atom stereocenters. The largest absolute Gasteiger partial charge is 0.480 e. The van der Waals surface area contributed by atoms with Crippen LogP contribution in [0.2, 0.25) is 0 Å². The van der Waals surface area contributed by atoms with E-state index in [1.807, 2.05) is 16.7 Å². The maximum atomic E-state index is 12.8. The molecule has 3 saturated heterocycles. The lowest BCUT2D eigenvalue weighted by Crippen LogP contribution is -2.49. The van der Waals surface area contributed by atoms with E-state index in [1.165, 1.54) is 12.8 Å². The van der Waals surface area contributed by atoms with E-state index in [0.29, 0.717) is 70.2 Å². The first-order valence-electron chi connectivity index (χ1n) is 17.8. The molecule has 0 spiro atoms. The number of carboxylic acid groups (broad SMARTS) is 3. The Balaban J connectivity index is -0.00000520. The second-order valence-electron chi connectivity index (χ2n) is 13.3. The molecule has 0 unspecified atom stereocenters. The van der Waals surface area contributed by atoms with Gasteiger partial charge in [-0.1, -0.05) is 25.7 Å². The number of carboxylic acids is 3. The third-order valence-corrected chi connectivity index (χ3v) is 10.8. The Morgan fingerprint density at radius 2 is 1.00 bits per heavy atom. The molecular weight excluding hydrogens is 834 g/mol. The summed E-state index contributed by atoms with van der Waals surface area (Å²) in [6, 6.07) is 0.557. The van der Waals surface area contributed by atoms with E-state index in [2.05, 4.69) is 21.3 Å². The highest BCUT2D eigenvalue weighted by Crippen LogP contribution is 2.33. The molecule has 22 heteroatoms. The Bertz CT molecular complexity index is 1050. The quantitative estimate of drug-likeness (QED) is 0.0646. The van der Waals surface area contributed by atoms with E-state index >= 15 is 0 Å². The van der Waals surface area contributed by atoms with Gasteiger partial charge in [-0.15, -0.1) is 62.0 Å². The van der Waals surface area contributed by atoms with Crippen molar-refractivity contribution < 1.29 is 39.3 Å². The fraction of sp³-hybridized carbons (Fsp3) is 0.844. The third-order valence-electron chi connectivity index (χ3n) is 9.26. The molecule has 0 radical (unpaired) electrons. The zero-order valence-electron chi connectivity index (χ0n) is 30.8. The molecule has 0 aromatic carbocycles. The molecule has 16 nitrogen and oxygen atoms in total. The Kier molecular flexibility index (Phi) is 34.7. The van der Waals surface area contributed by atoms with Gasteiger partial charge in [0.25, 0.3) is 0 Å². The number of amides is 3. The summed E-state index contributed by atoms with van der Waals surface area (Å²) in [6.45, 7) is 5.07. The molecule has 0 aliphatic carbocycles. The van der Waals surface area contributed by atoms with Crippen LogP contribution in [-0.2, 0) is 19.2 Å². The van der Waals surface area contributed by atoms with Gasteiger partial charge in [0.1, 0.15) is 0 Å². The fourth-order valence-corrected chi connectivity index (χ4v) is 8.08. The first-order valence-corrected chi connectivity index (χ1v) is 18.8. The van der Waals surface area contributed by atoms with E-state index < -0.39 is 17.9 Å². The van der Waals surface area contributed by atoms with E-state index in [4.69, 9.17) is 0 Å². The van der Waals surface area contributed by atoms with E-state index in [1.54, 1.807) is 14.7 Å². The average Bonchev–Trinajstić information content (AvgIpc) is 3.59. The predicted octanol–water partition coefficient (Wildman–Crippen LogP) is 1.56. The normalized spacial score (nSPS) is 21.0. The number of urea groups is 1. The molecule has 0 saturated carbocycles. The zero-order chi connectivity index (χ0) is 35.4. The topological polar surface area (TPSA) is 207 Å². The Labute approximate surface area is 354 Å². The third kappa shape index (κ3) is 24.4. The number of hydrogen-bond acceptors (Lipinski definition) is 11. The molecule has 3 rings (SSSR count). The number of thioether (sulfide) groups is 1. The van der Waals surface area contributed by atoms with Crippen molar-refractivity contribution in [3.63, 3.8) is 0 Å². The first-order chi connectivity index (χ1) is 23.6. The van der Waals surface area contributed by atoms with Crippen molar-refractivity contribution in [2.24, 2.45) is 0 Å². The lowest BCUT2D eigenvalue weighted by Gasteiger charge is -2.32. The molecule has 0 aromatic rings. The van der Waals surface area contributed by atoms with Crippen LogP contribution in [-0.4, -0.2) is 186 Å². The van der Waals surface area contributed by atoms with Crippen LogP contribution in [0.15, 0.2) is 0 Å². The molecule has 3 amide bonds. The molecule has 7 N–H and O–H groups in total. The maximum absolute atomic E-state index is 12.8. The van der Waals surface area contributed by atoms with E-state index in [0.717, 1.165) is 57.4 Å². The SMILES string of the molecule is Cl.Cl.Cl.Cl.Cl.O=C(O)CN1CCN(CC(=O)O)CCN(CC(=O)NCCCCCCNCCCCC[C@@H]2SC[C@@H]3NC(=O)N[C@@H]32)CCN(CC(=O)O)CC1. The Hall–Kier alpha value is -1.25. The second-order valence-corrected chi connectivity index (χ2v) is 14.5. The number of nitrogens with zero attached hydrogens (tertiary/aromatic N) is 4. The minimum Gasteiger partial charge on any atom is -0.480 e. The molecular formula is C32H63Cl5N8O8S. The van der Waals surface area contributed by atoms with Crippen molar-refractivity contribution in [2.45, 2.75) is 68.7 Å². The van der Waals surface area contributed by atoms with Gasteiger partial charge in [-0.25, -0.2) is 4.79 Å². The number of fused-ring (bicyclic) bond motifs is 1. The van der Waals surface area contributed by atoms with Crippen molar-refractivity contribution in [2.75, 3.05) is 104 Å². The second kappa shape index (κ2) is 32.8. The molecule has 0 aromatic heterocycles. The summed E-state index contributed by atoms with van der Waals surface area (Å²) in [4.78, 5) is 65.7. The standard InChI is InChI=1S/C32H58N8O8S.5ClH/c41-27(34-11-7-2-1-5-9-33-10-6-3-4-8-26-31-25(24-49-26)35-32(48)36-31)20-37-12-14-38(21-28(42)43)16-18-40(23-30(46)47)19-17-39(15-13-37)22-29(44)45;;;;;/h25-26,31,33H,1-24H2,(H,34,41)(H,42,43)(H,44,45)(H,46,47)(H2,35,36,48);5*1H/t25-,26-,31-;;;;;/m0...../s1. The monoisotopic (exact) mass is 894 g/mol.